The van der Waals surface area contributed by atoms with E-state index in [1.165, 1.54) is 76.4 Å². The molecule has 0 unspecified atom stereocenters. The third-order valence-corrected chi connectivity index (χ3v) is 7.64. The van der Waals surface area contributed by atoms with E-state index in [0.29, 0.717) is 5.06 Å². The van der Waals surface area contributed by atoms with Gasteiger partial charge in [-0.3, -0.25) is 9.59 Å². The van der Waals surface area contributed by atoms with Crippen molar-refractivity contribution in [1.29, 1.82) is 0 Å². The van der Waals surface area contributed by atoms with Crippen LogP contribution in [-0.4, -0.2) is 22.8 Å². The van der Waals surface area contributed by atoms with Gasteiger partial charge < -0.3 is 4.84 Å². The first-order chi connectivity index (χ1) is 18.1. The lowest BCUT2D eigenvalue weighted by Gasteiger charge is -2.14. The molecule has 5 rings (SSSR count). The summed E-state index contributed by atoms with van der Waals surface area (Å²) in [7, 11) is 0. The smallest absolute Gasteiger partial charge is 0.330 e. The molecule has 5 nitrogen and oxygen atoms in total. The Bertz CT molecular complexity index is 1380. The second-order valence-electron chi connectivity index (χ2n) is 10.3. The Morgan fingerprint density at radius 1 is 0.649 bits per heavy atom. The molecular weight excluding hydrogens is 462 g/mol. The highest BCUT2D eigenvalue weighted by molar-refractivity contribution is 6.23. The molecule has 1 heterocycles. The summed E-state index contributed by atoms with van der Waals surface area (Å²) in [5, 5.41) is 8.82. The normalized spacial score (nSPS) is 14.0. The minimum Gasteiger partial charge on any atom is -0.330 e. The minimum absolute atomic E-state index is 0.131. The Balaban J connectivity index is 0.967. The van der Waals surface area contributed by atoms with Crippen molar-refractivity contribution in [3.8, 4) is 0 Å². The standard InChI is InChI=1S/C32H35NO4/c34-28-21-22-29(35)33(28)37-30(36)14-9-7-5-3-1-2-4-6-8-11-23-15-16-26-18-17-24-12-10-13-25-19-20-27(23)32(26)31(24)25/h10,12-13,15-20H,1-9,11,14,21-22H2. The summed E-state index contributed by atoms with van der Waals surface area (Å²) in [6.45, 7) is 0. The second kappa shape index (κ2) is 11.7. The molecule has 1 aliphatic heterocycles. The van der Waals surface area contributed by atoms with Crippen molar-refractivity contribution in [2.45, 2.75) is 83.5 Å². The lowest BCUT2D eigenvalue weighted by atomic mass is 9.90. The molecule has 0 atom stereocenters. The molecular formula is C32H35NO4. The molecule has 1 saturated heterocycles. The van der Waals surface area contributed by atoms with Crippen LogP contribution in [0.3, 0.4) is 0 Å². The molecule has 0 radical (unpaired) electrons. The molecule has 0 spiro atoms. The van der Waals surface area contributed by atoms with E-state index in [1.807, 2.05) is 0 Å². The van der Waals surface area contributed by atoms with Crippen LogP contribution < -0.4 is 0 Å². The number of imide groups is 1. The molecule has 192 valence electrons. The number of carbonyl (C=O) groups excluding carboxylic acids is 3. The van der Waals surface area contributed by atoms with Gasteiger partial charge in [0.05, 0.1) is 0 Å². The van der Waals surface area contributed by atoms with Gasteiger partial charge in [-0.15, -0.1) is 5.06 Å². The van der Waals surface area contributed by atoms with Gasteiger partial charge in [0, 0.05) is 19.3 Å². The van der Waals surface area contributed by atoms with Crippen molar-refractivity contribution >= 4 is 50.1 Å². The molecule has 1 fully saturated rings. The highest BCUT2D eigenvalue weighted by atomic mass is 16.7. The summed E-state index contributed by atoms with van der Waals surface area (Å²) in [5.41, 5.74) is 1.46. The summed E-state index contributed by atoms with van der Waals surface area (Å²) in [6.07, 6.45) is 11.8. The van der Waals surface area contributed by atoms with Crippen LogP contribution in [-0.2, 0) is 25.6 Å². The van der Waals surface area contributed by atoms with Gasteiger partial charge in [0.25, 0.3) is 11.8 Å². The number of unbranched alkanes of at least 4 members (excludes halogenated alkanes) is 8. The fourth-order valence-electron chi connectivity index (χ4n) is 5.64. The van der Waals surface area contributed by atoms with Crippen LogP contribution in [0.1, 0.15) is 82.6 Å². The van der Waals surface area contributed by atoms with Gasteiger partial charge in [-0.2, -0.15) is 0 Å². The van der Waals surface area contributed by atoms with Crippen LogP contribution in [0.25, 0.3) is 32.3 Å². The van der Waals surface area contributed by atoms with E-state index < -0.39 is 17.8 Å². The summed E-state index contributed by atoms with van der Waals surface area (Å²) in [4.78, 5) is 39.7. The number of hydrogen-bond acceptors (Lipinski definition) is 4. The third-order valence-electron chi connectivity index (χ3n) is 7.64. The Morgan fingerprint density at radius 3 is 1.86 bits per heavy atom. The minimum atomic E-state index is -0.492. The highest BCUT2D eigenvalue weighted by Gasteiger charge is 2.32. The van der Waals surface area contributed by atoms with Crippen molar-refractivity contribution in [3.63, 3.8) is 0 Å². The summed E-state index contributed by atoms with van der Waals surface area (Å²) >= 11 is 0. The van der Waals surface area contributed by atoms with Crippen LogP contribution >= 0.6 is 0 Å². The molecule has 1 aliphatic rings. The summed E-state index contributed by atoms with van der Waals surface area (Å²) in [6, 6.07) is 20.2. The predicted octanol–water partition coefficient (Wildman–Crippen LogP) is 7.63. The first kappa shape index (κ1) is 25.2. The molecule has 37 heavy (non-hydrogen) atoms. The molecule has 0 aliphatic carbocycles. The Hall–Kier alpha value is -3.47. The van der Waals surface area contributed by atoms with E-state index in [9.17, 15) is 14.4 Å². The Labute approximate surface area is 218 Å². The van der Waals surface area contributed by atoms with Crippen molar-refractivity contribution in [2.75, 3.05) is 0 Å². The number of amides is 2. The molecule has 4 aromatic carbocycles. The highest BCUT2D eigenvalue weighted by Crippen LogP contribution is 2.36. The van der Waals surface area contributed by atoms with Crippen LogP contribution in [0.5, 0.6) is 0 Å². The number of rotatable bonds is 13. The molecule has 0 saturated carbocycles. The number of benzene rings is 4. The van der Waals surface area contributed by atoms with Gasteiger partial charge in [-0.05, 0) is 57.1 Å². The summed E-state index contributed by atoms with van der Waals surface area (Å²) in [5.74, 6) is -1.34. The number of nitrogens with zero attached hydrogens (tertiary/aromatic N) is 1. The monoisotopic (exact) mass is 497 g/mol. The van der Waals surface area contributed by atoms with Gasteiger partial charge in [-0.1, -0.05) is 99.5 Å². The maximum Gasteiger partial charge on any atom is 0.333 e. The molecule has 2 amide bonds. The number of aryl methyl sites for hydroxylation is 1. The second-order valence-corrected chi connectivity index (χ2v) is 10.3. The largest absolute Gasteiger partial charge is 0.333 e. The quantitative estimate of drug-likeness (QED) is 0.108. The molecule has 0 bridgehead atoms. The van der Waals surface area contributed by atoms with E-state index in [0.717, 1.165) is 25.7 Å². The van der Waals surface area contributed by atoms with Gasteiger partial charge in [-0.25, -0.2) is 4.79 Å². The third kappa shape index (κ3) is 5.76. The molecule has 0 aromatic heterocycles. The Kier molecular flexibility index (Phi) is 7.98. The van der Waals surface area contributed by atoms with Crippen LogP contribution in [0.15, 0.2) is 54.6 Å². The van der Waals surface area contributed by atoms with Crippen molar-refractivity contribution in [2.24, 2.45) is 0 Å². The van der Waals surface area contributed by atoms with Crippen molar-refractivity contribution in [3.05, 3.63) is 60.2 Å². The molecule has 4 aromatic rings. The first-order valence-corrected chi connectivity index (χ1v) is 13.8. The fourth-order valence-corrected chi connectivity index (χ4v) is 5.64. The maximum absolute atomic E-state index is 11.8. The van der Waals surface area contributed by atoms with E-state index in [-0.39, 0.29) is 19.3 Å². The lowest BCUT2D eigenvalue weighted by Crippen LogP contribution is -2.31. The van der Waals surface area contributed by atoms with E-state index >= 15 is 0 Å². The van der Waals surface area contributed by atoms with Crippen molar-refractivity contribution < 1.29 is 19.2 Å². The molecule has 5 heteroatoms. The maximum atomic E-state index is 11.8. The van der Waals surface area contributed by atoms with Crippen molar-refractivity contribution in [1.82, 2.24) is 5.06 Å². The number of carbonyl (C=O) groups is 3. The first-order valence-electron chi connectivity index (χ1n) is 13.8. The average molecular weight is 498 g/mol. The predicted molar refractivity (Wildman–Crippen MR) is 147 cm³/mol. The van der Waals surface area contributed by atoms with Crippen LogP contribution in [0, 0.1) is 0 Å². The van der Waals surface area contributed by atoms with Crippen LogP contribution in [0.2, 0.25) is 0 Å². The van der Waals surface area contributed by atoms with Gasteiger partial charge in [0.2, 0.25) is 0 Å². The average Bonchev–Trinajstić information content (AvgIpc) is 3.23. The number of hydrogen-bond donors (Lipinski definition) is 0. The summed E-state index contributed by atoms with van der Waals surface area (Å²) < 4.78 is 0. The topological polar surface area (TPSA) is 63.7 Å². The molecule has 0 N–H and O–H groups in total. The number of hydroxylamine groups is 2. The SMILES string of the molecule is O=C(CCCCCCCCCCCc1ccc2ccc3cccc4ccc1c2c34)ON1C(=O)CCC1=O. The zero-order valence-electron chi connectivity index (χ0n) is 21.5. The zero-order valence-corrected chi connectivity index (χ0v) is 21.5. The van der Waals surface area contributed by atoms with Crippen LogP contribution in [0.4, 0.5) is 0 Å². The van der Waals surface area contributed by atoms with E-state index in [2.05, 4.69) is 54.6 Å². The zero-order chi connectivity index (χ0) is 25.6. The van der Waals surface area contributed by atoms with E-state index in [1.54, 1.807) is 0 Å². The van der Waals surface area contributed by atoms with Gasteiger partial charge >= 0.3 is 5.97 Å². The fraction of sp³-hybridized carbons (Fsp3) is 0.406. The van der Waals surface area contributed by atoms with Gasteiger partial charge in [0.1, 0.15) is 0 Å². The van der Waals surface area contributed by atoms with Gasteiger partial charge in [0.15, 0.2) is 0 Å². The Morgan fingerprint density at radius 2 is 1.19 bits per heavy atom. The lowest BCUT2D eigenvalue weighted by molar-refractivity contribution is -0.197. The van der Waals surface area contributed by atoms with E-state index in [4.69, 9.17) is 4.84 Å².